The van der Waals surface area contributed by atoms with Crippen molar-refractivity contribution in [3.63, 3.8) is 0 Å². The van der Waals surface area contributed by atoms with Crippen molar-refractivity contribution in [3.05, 3.63) is 6.42 Å². The first-order chi connectivity index (χ1) is 5.20. The van der Waals surface area contributed by atoms with E-state index in [2.05, 4.69) is 0 Å². The van der Waals surface area contributed by atoms with Crippen LogP contribution in [0.2, 0.25) is 0 Å². The second kappa shape index (κ2) is 6.16. The molecule has 0 saturated carbocycles. The lowest BCUT2D eigenvalue weighted by Gasteiger charge is -2.08. The van der Waals surface area contributed by atoms with E-state index in [0.29, 0.717) is 6.61 Å². The number of methoxy groups -OCH3 is 1. The molecule has 0 saturated heterocycles. The van der Waals surface area contributed by atoms with Gasteiger partial charge in [0.05, 0.1) is 19.1 Å². The van der Waals surface area contributed by atoms with Crippen molar-refractivity contribution in [1.29, 1.82) is 0 Å². The molecule has 1 unspecified atom stereocenters. The second-order valence-corrected chi connectivity index (χ2v) is 2.29. The van der Waals surface area contributed by atoms with Crippen molar-refractivity contribution >= 4 is 5.97 Å². The summed E-state index contributed by atoms with van der Waals surface area (Å²) in [6.07, 6.45) is 2.30. The third kappa shape index (κ3) is 5.85. The van der Waals surface area contributed by atoms with Crippen LogP contribution in [0.5, 0.6) is 0 Å². The molecule has 11 heavy (non-hydrogen) atoms. The van der Waals surface area contributed by atoms with E-state index in [4.69, 9.17) is 9.47 Å². The molecule has 0 fully saturated rings. The van der Waals surface area contributed by atoms with Crippen LogP contribution in [0.4, 0.5) is 0 Å². The highest BCUT2D eigenvalue weighted by atomic mass is 16.5. The molecule has 0 aliphatic carbocycles. The molecule has 3 heteroatoms. The minimum atomic E-state index is -0.270. The van der Waals surface area contributed by atoms with E-state index in [1.807, 2.05) is 6.92 Å². The number of ether oxygens (including phenoxy) is 2. The number of esters is 1. The standard InChI is InChI=1S/C8H15O3/c1-4-8(9)11-6-5-7(2)10-3/h4,7H,5-6H2,1-3H3. The summed E-state index contributed by atoms with van der Waals surface area (Å²) in [4.78, 5) is 10.6. The predicted molar refractivity (Wildman–Crippen MR) is 42.0 cm³/mol. The topological polar surface area (TPSA) is 35.5 Å². The molecule has 65 valence electrons. The van der Waals surface area contributed by atoms with Crippen LogP contribution in [-0.4, -0.2) is 25.8 Å². The highest BCUT2D eigenvalue weighted by Gasteiger charge is 2.01. The number of carbonyl (C=O) groups is 1. The average molecular weight is 159 g/mol. The van der Waals surface area contributed by atoms with E-state index in [-0.39, 0.29) is 12.1 Å². The number of rotatable bonds is 5. The first-order valence-corrected chi connectivity index (χ1v) is 3.69. The molecule has 0 heterocycles. The van der Waals surface area contributed by atoms with E-state index in [1.165, 1.54) is 6.42 Å². The van der Waals surface area contributed by atoms with E-state index in [1.54, 1.807) is 14.0 Å². The van der Waals surface area contributed by atoms with Gasteiger partial charge in [-0.2, -0.15) is 0 Å². The Balaban J connectivity index is 3.20. The molecule has 0 aliphatic heterocycles. The minimum absolute atomic E-state index is 0.152. The first kappa shape index (κ1) is 10.4. The molecule has 0 spiro atoms. The molecule has 0 bridgehead atoms. The van der Waals surface area contributed by atoms with Crippen LogP contribution in [0.25, 0.3) is 0 Å². The largest absolute Gasteiger partial charge is 0.465 e. The van der Waals surface area contributed by atoms with Gasteiger partial charge >= 0.3 is 5.97 Å². The van der Waals surface area contributed by atoms with E-state index < -0.39 is 0 Å². The summed E-state index contributed by atoms with van der Waals surface area (Å²) in [6, 6.07) is 0. The Bertz CT molecular complexity index is 112. The molecule has 0 aliphatic rings. The number of carbonyl (C=O) groups excluding carboxylic acids is 1. The second-order valence-electron chi connectivity index (χ2n) is 2.29. The van der Waals surface area contributed by atoms with Gasteiger partial charge in [0.25, 0.3) is 0 Å². The van der Waals surface area contributed by atoms with Crippen molar-refractivity contribution in [2.24, 2.45) is 0 Å². The Morgan fingerprint density at radius 2 is 2.27 bits per heavy atom. The van der Waals surface area contributed by atoms with Crippen LogP contribution < -0.4 is 0 Å². The normalized spacial score (nSPS) is 12.6. The van der Waals surface area contributed by atoms with Gasteiger partial charge in [0.15, 0.2) is 0 Å². The summed E-state index contributed by atoms with van der Waals surface area (Å²) in [7, 11) is 1.64. The highest BCUT2D eigenvalue weighted by molar-refractivity contribution is 5.78. The Labute approximate surface area is 67.7 Å². The molecule has 0 aromatic carbocycles. The predicted octanol–water partition coefficient (Wildman–Crippen LogP) is 1.18. The third-order valence-corrected chi connectivity index (χ3v) is 1.41. The first-order valence-electron chi connectivity index (χ1n) is 3.69. The Morgan fingerprint density at radius 1 is 1.64 bits per heavy atom. The van der Waals surface area contributed by atoms with Crippen LogP contribution in [-0.2, 0) is 14.3 Å². The minimum Gasteiger partial charge on any atom is -0.465 e. The maximum atomic E-state index is 10.6. The zero-order chi connectivity index (χ0) is 8.69. The summed E-state index contributed by atoms with van der Waals surface area (Å²) in [6.45, 7) is 4.02. The zero-order valence-electron chi connectivity index (χ0n) is 7.29. The van der Waals surface area contributed by atoms with Crippen molar-refractivity contribution in [3.8, 4) is 0 Å². The van der Waals surface area contributed by atoms with Crippen LogP contribution in [0.15, 0.2) is 0 Å². The fraction of sp³-hybridized carbons (Fsp3) is 0.750. The van der Waals surface area contributed by atoms with Gasteiger partial charge in [0, 0.05) is 13.5 Å². The average Bonchev–Trinajstić information content (AvgIpc) is 2.04. The van der Waals surface area contributed by atoms with Crippen molar-refractivity contribution < 1.29 is 14.3 Å². The fourth-order valence-corrected chi connectivity index (χ4v) is 0.527. The molecule has 0 aromatic heterocycles. The lowest BCUT2D eigenvalue weighted by molar-refractivity contribution is -0.140. The Kier molecular flexibility index (Phi) is 5.84. The van der Waals surface area contributed by atoms with Gasteiger partial charge in [-0.15, -0.1) is 0 Å². The summed E-state index contributed by atoms with van der Waals surface area (Å²) in [5, 5.41) is 0. The smallest absolute Gasteiger partial charge is 0.309 e. The molecule has 0 aromatic rings. The van der Waals surface area contributed by atoms with E-state index >= 15 is 0 Å². The lowest BCUT2D eigenvalue weighted by Crippen LogP contribution is -2.12. The van der Waals surface area contributed by atoms with Gasteiger partial charge in [-0.1, -0.05) is 6.92 Å². The lowest BCUT2D eigenvalue weighted by atomic mass is 10.3. The van der Waals surface area contributed by atoms with Crippen LogP contribution >= 0.6 is 0 Å². The van der Waals surface area contributed by atoms with E-state index in [0.717, 1.165) is 6.42 Å². The summed E-state index contributed by atoms with van der Waals surface area (Å²) >= 11 is 0. The highest BCUT2D eigenvalue weighted by Crippen LogP contribution is 1.95. The third-order valence-electron chi connectivity index (χ3n) is 1.41. The van der Waals surface area contributed by atoms with Crippen molar-refractivity contribution in [2.75, 3.05) is 13.7 Å². The SMILES string of the molecule is C[CH]C(=O)OCCC(C)OC. The van der Waals surface area contributed by atoms with Gasteiger partial charge in [-0.3, -0.25) is 4.79 Å². The zero-order valence-corrected chi connectivity index (χ0v) is 7.29. The Morgan fingerprint density at radius 3 is 2.73 bits per heavy atom. The maximum absolute atomic E-state index is 10.6. The molecule has 0 amide bonds. The van der Waals surface area contributed by atoms with Crippen LogP contribution in [0.3, 0.4) is 0 Å². The van der Waals surface area contributed by atoms with Gasteiger partial charge in [-0.05, 0) is 6.92 Å². The maximum Gasteiger partial charge on any atom is 0.309 e. The molecular formula is C8H15O3. The van der Waals surface area contributed by atoms with Crippen molar-refractivity contribution in [2.45, 2.75) is 26.4 Å². The van der Waals surface area contributed by atoms with Crippen molar-refractivity contribution in [1.82, 2.24) is 0 Å². The monoisotopic (exact) mass is 159 g/mol. The molecule has 1 atom stereocenters. The molecular weight excluding hydrogens is 144 g/mol. The molecule has 3 nitrogen and oxygen atoms in total. The molecule has 0 rings (SSSR count). The quantitative estimate of drug-likeness (QED) is 0.565. The summed E-state index contributed by atoms with van der Waals surface area (Å²) in [5.41, 5.74) is 0. The van der Waals surface area contributed by atoms with Gasteiger partial charge in [0.2, 0.25) is 0 Å². The van der Waals surface area contributed by atoms with Crippen LogP contribution in [0, 0.1) is 6.42 Å². The molecule has 0 N–H and O–H groups in total. The summed E-state index contributed by atoms with van der Waals surface area (Å²) < 4.78 is 9.75. The van der Waals surface area contributed by atoms with E-state index in [9.17, 15) is 4.79 Å². The fourth-order valence-electron chi connectivity index (χ4n) is 0.527. The van der Waals surface area contributed by atoms with Gasteiger partial charge in [-0.25, -0.2) is 0 Å². The summed E-state index contributed by atoms with van der Waals surface area (Å²) in [5.74, 6) is -0.270. The molecule has 1 radical (unpaired) electrons. The van der Waals surface area contributed by atoms with Crippen LogP contribution in [0.1, 0.15) is 20.3 Å². The van der Waals surface area contributed by atoms with Gasteiger partial charge < -0.3 is 9.47 Å². The number of hydrogen-bond acceptors (Lipinski definition) is 3. The Hall–Kier alpha value is -0.570. The number of hydrogen-bond donors (Lipinski definition) is 0. The van der Waals surface area contributed by atoms with Gasteiger partial charge in [0.1, 0.15) is 0 Å².